The zero-order valence-electron chi connectivity index (χ0n) is 9.98. The first-order valence-corrected chi connectivity index (χ1v) is 6.36. The standard InChI is InChI=1S/C13H15BrN2O/c1-3-13-15-6-7-16(13)9-10-4-5-12(17-2)11(14)8-10/h4-8H,3,9H2,1-2H3. The van der Waals surface area contributed by atoms with Crippen LogP contribution in [0.4, 0.5) is 0 Å². The van der Waals surface area contributed by atoms with Crippen molar-refractivity contribution in [2.45, 2.75) is 19.9 Å². The number of nitrogens with zero attached hydrogens (tertiary/aromatic N) is 2. The zero-order valence-corrected chi connectivity index (χ0v) is 11.6. The lowest BCUT2D eigenvalue weighted by Gasteiger charge is -2.09. The van der Waals surface area contributed by atoms with E-state index in [2.05, 4.69) is 44.5 Å². The third kappa shape index (κ3) is 2.69. The van der Waals surface area contributed by atoms with E-state index in [0.29, 0.717) is 0 Å². The Labute approximate surface area is 110 Å². The number of aromatic nitrogens is 2. The molecule has 90 valence electrons. The number of ether oxygens (including phenoxy) is 1. The van der Waals surface area contributed by atoms with Gasteiger partial charge in [0.2, 0.25) is 0 Å². The van der Waals surface area contributed by atoms with Crippen LogP contribution < -0.4 is 4.74 Å². The first-order valence-electron chi connectivity index (χ1n) is 5.57. The molecular formula is C13H15BrN2O. The predicted molar refractivity (Wildman–Crippen MR) is 71.4 cm³/mol. The van der Waals surface area contributed by atoms with Crippen LogP contribution in [-0.2, 0) is 13.0 Å². The monoisotopic (exact) mass is 294 g/mol. The molecule has 17 heavy (non-hydrogen) atoms. The van der Waals surface area contributed by atoms with Crippen LogP contribution >= 0.6 is 15.9 Å². The van der Waals surface area contributed by atoms with Crippen LogP contribution in [0.1, 0.15) is 18.3 Å². The lowest BCUT2D eigenvalue weighted by Crippen LogP contribution is -2.03. The Kier molecular flexibility index (Phi) is 3.84. The normalized spacial score (nSPS) is 10.5. The van der Waals surface area contributed by atoms with Gasteiger partial charge in [0.05, 0.1) is 11.6 Å². The third-order valence-corrected chi connectivity index (χ3v) is 3.31. The number of methoxy groups -OCH3 is 1. The van der Waals surface area contributed by atoms with Crippen molar-refractivity contribution < 1.29 is 4.74 Å². The fraction of sp³-hybridized carbons (Fsp3) is 0.308. The van der Waals surface area contributed by atoms with Crippen molar-refractivity contribution in [3.8, 4) is 5.75 Å². The maximum Gasteiger partial charge on any atom is 0.133 e. The fourth-order valence-electron chi connectivity index (χ4n) is 1.80. The summed E-state index contributed by atoms with van der Waals surface area (Å²) in [6.45, 7) is 2.95. The molecule has 0 atom stereocenters. The van der Waals surface area contributed by atoms with E-state index in [1.165, 1.54) is 5.56 Å². The second-order valence-electron chi connectivity index (χ2n) is 3.79. The molecule has 0 N–H and O–H groups in total. The molecule has 0 saturated heterocycles. The van der Waals surface area contributed by atoms with Crippen molar-refractivity contribution in [2.75, 3.05) is 7.11 Å². The first-order chi connectivity index (χ1) is 8.24. The van der Waals surface area contributed by atoms with E-state index in [1.54, 1.807) is 7.11 Å². The smallest absolute Gasteiger partial charge is 0.133 e. The van der Waals surface area contributed by atoms with Crippen molar-refractivity contribution >= 4 is 15.9 Å². The van der Waals surface area contributed by atoms with Crippen LogP contribution in [0.25, 0.3) is 0 Å². The molecule has 3 nitrogen and oxygen atoms in total. The largest absolute Gasteiger partial charge is 0.496 e. The Bertz CT molecular complexity index is 508. The molecule has 0 unspecified atom stereocenters. The molecule has 0 saturated carbocycles. The Hall–Kier alpha value is -1.29. The van der Waals surface area contributed by atoms with Gasteiger partial charge in [0, 0.05) is 25.4 Å². The van der Waals surface area contributed by atoms with Gasteiger partial charge in [-0.3, -0.25) is 0 Å². The average Bonchev–Trinajstić information content (AvgIpc) is 2.76. The predicted octanol–water partition coefficient (Wildman–Crippen LogP) is 3.26. The Morgan fingerprint density at radius 1 is 1.41 bits per heavy atom. The van der Waals surface area contributed by atoms with E-state index in [9.17, 15) is 0 Å². The zero-order chi connectivity index (χ0) is 12.3. The Morgan fingerprint density at radius 2 is 2.24 bits per heavy atom. The minimum absolute atomic E-state index is 0.839. The van der Waals surface area contributed by atoms with E-state index in [1.807, 2.05) is 18.5 Å². The lowest BCUT2D eigenvalue weighted by atomic mass is 10.2. The van der Waals surface area contributed by atoms with Crippen molar-refractivity contribution in [1.29, 1.82) is 0 Å². The number of benzene rings is 1. The maximum atomic E-state index is 5.21. The Morgan fingerprint density at radius 3 is 2.88 bits per heavy atom. The van der Waals surface area contributed by atoms with E-state index in [0.717, 1.165) is 29.0 Å². The van der Waals surface area contributed by atoms with Crippen LogP contribution in [0.2, 0.25) is 0 Å². The summed E-state index contributed by atoms with van der Waals surface area (Å²) in [5, 5.41) is 0. The van der Waals surface area contributed by atoms with Crippen molar-refractivity contribution in [2.24, 2.45) is 0 Å². The molecule has 2 aromatic rings. The topological polar surface area (TPSA) is 27.1 Å². The molecule has 1 aromatic heterocycles. The highest BCUT2D eigenvalue weighted by molar-refractivity contribution is 9.10. The van der Waals surface area contributed by atoms with Crippen molar-refractivity contribution in [1.82, 2.24) is 9.55 Å². The second kappa shape index (κ2) is 5.36. The average molecular weight is 295 g/mol. The van der Waals surface area contributed by atoms with Crippen LogP contribution in [0.3, 0.4) is 0 Å². The highest BCUT2D eigenvalue weighted by Gasteiger charge is 2.04. The summed E-state index contributed by atoms with van der Waals surface area (Å²) in [6, 6.07) is 6.13. The van der Waals surface area contributed by atoms with Gasteiger partial charge < -0.3 is 9.30 Å². The van der Waals surface area contributed by atoms with E-state index < -0.39 is 0 Å². The molecule has 4 heteroatoms. The number of halogens is 1. The summed E-state index contributed by atoms with van der Waals surface area (Å²) < 4.78 is 8.36. The lowest BCUT2D eigenvalue weighted by molar-refractivity contribution is 0.412. The van der Waals surface area contributed by atoms with Gasteiger partial charge in [-0.15, -0.1) is 0 Å². The summed E-state index contributed by atoms with van der Waals surface area (Å²) >= 11 is 3.50. The van der Waals surface area contributed by atoms with Crippen LogP contribution in [0.5, 0.6) is 5.75 Å². The maximum absolute atomic E-state index is 5.21. The number of aryl methyl sites for hydroxylation is 1. The molecule has 1 aromatic carbocycles. The van der Waals surface area contributed by atoms with Gasteiger partial charge in [-0.2, -0.15) is 0 Å². The summed E-state index contributed by atoms with van der Waals surface area (Å²) in [5.41, 5.74) is 1.23. The van der Waals surface area contributed by atoms with Crippen LogP contribution in [-0.4, -0.2) is 16.7 Å². The minimum Gasteiger partial charge on any atom is -0.496 e. The van der Waals surface area contributed by atoms with E-state index in [4.69, 9.17) is 4.74 Å². The molecular weight excluding hydrogens is 280 g/mol. The van der Waals surface area contributed by atoms with Gasteiger partial charge >= 0.3 is 0 Å². The molecule has 0 amide bonds. The van der Waals surface area contributed by atoms with Crippen molar-refractivity contribution in [3.05, 3.63) is 46.5 Å². The summed E-state index contributed by atoms with van der Waals surface area (Å²) in [5.74, 6) is 1.96. The molecule has 0 aliphatic carbocycles. The highest BCUT2D eigenvalue weighted by Crippen LogP contribution is 2.25. The molecule has 0 aliphatic heterocycles. The van der Waals surface area contributed by atoms with E-state index in [-0.39, 0.29) is 0 Å². The molecule has 0 radical (unpaired) electrons. The van der Waals surface area contributed by atoms with Gasteiger partial charge in [-0.25, -0.2) is 4.98 Å². The molecule has 1 heterocycles. The highest BCUT2D eigenvalue weighted by atomic mass is 79.9. The third-order valence-electron chi connectivity index (χ3n) is 2.69. The van der Waals surface area contributed by atoms with Gasteiger partial charge in [-0.1, -0.05) is 13.0 Å². The second-order valence-corrected chi connectivity index (χ2v) is 4.65. The van der Waals surface area contributed by atoms with Crippen LogP contribution in [0, 0.1) is 0 Å². The number of rotatable bonds is 4. The van der Waals surface area contributed by atoms with E-state index >= 15 is 0 Å². The summed E-state index contributed by atoms with van der Waals surface area (Å²) in [7, 11) is 1.67. The van der Waals surface area contributed by atoms with Crippen LogP contribution in [0.15, 0.2) is 35.1 Å². The van der Waals surface area contributed by atoms with Gasteiger partial charge in [0.25, 0.3) is 0 Å². The first kappa shape index (κ1) is 12.2. The van der Waals surface area contributed by atoms with Gasteiger partial charge in [0.1, 0.15) is 11.6 Å². The minimum atomic E-state index is 0.839. The molecule has 0 fully saturated rings. The number of imidazole rings is 1. The fourth-order valence-corrected chi connectivity index (χ4v) is 2.39. The summed E-state index contributed by atoms with van der Waals surface area (Å²) in [6.07, 6.45) is 4.80. The number of hydrogen-bond donors (Lipinski definition) is 0. The van der Waals surface area contributed by atoms with Crippen molar-refractivity contribution in [3.63, 3.8) is 0 Å². The molecule has 0 bridgehead atoms. The Balaban J connectivity index is 2.22. The summed E-state index contributed by atoms with van der Waals surface area (Å²) in [4.78, 5) is 4.31. The quantitative estimate of drug-likeness (QED) is 0.865. The molecule has 2 rings (SSSR count). The molecule has 0 aliphatic rings. The SMILES string of the molecule is CCc1nccn1Cc1ccc(OC)c(Br)c1. The van der Waals surface area contributed by atoms with Gasteiger partial charge in [0.15, 0.2) is 0 Å². The van der Waals surface area contributed by atoms with Gasteiger partial charge in [-0.05, 0) is 33.6 Å². The number of hydrogen-bond acceptors (Lipinski definition) is 2. The molecule has 0 spiro atoms.